The van der Waals surface area contributed by atoms with Crippen LogP contribution in [0.3, 0.4) is 0 Å². The molecule has 1 saturated carbocycles. The van der Waals surface area contributed by atoms with Crippen LogP contribution in [0, 0.1) is 0 Å². The first-order valence-electron chi connectivity index (χ1n) is 9.87. The predicted molar refractivity (Wildman–Crippen MR) is 110 cm³/mol. The molecule has 1 saturated heterocycles. The van der Waals surface area contributed by atoms with Crippen LogP contribution in [0.4, 0.5) is 0 Å². The Balaban J connectivity index is 1.54. The average Bonchev–Trinajstić information content (AvgIpc) is 3.37. The van der Waals surface area contributed by atoms with Gasteiger partial charge in [-0.2, -0.15) is 0 Å². The van der Waals surface area contributed by atoms with E-state index < -0.39 is 5.79 Å². The number of rotatable bonds is 4. The van der Waals surface area contributed by atoms with Crippen molar-refractivity contribution in [2.24, 2.45) is 0 Å². The Kier molecular flexibility index (Phi) is 6.00. The summed E-state index contributed by atoms with van der Waals surface area (Å²) >= 11 is 12.1. The number of nitrogens with zero attached hydrogens (tertiary/aromatic N) is 2. The van der Waals surface area contributed by atoms with Gasteiger partial charge in [0.2, 0.25) is 5.91 Å². The molecule has 152 valence electrons. The molecule has 3 aliphatic rings. The van der Waals surface area contributed by atoms with Crippen molar-refractivity contribution >= 4 is 29.1 Å². The number of amides is 1. The Hall–Kier alpha value is -1.11. The number of hydrogen-bond donors (Lipinski definition) is 0. The summed E-state index contributed by atoms with van der Waals surface area (Å²) in [6.45, 7) is 2.96. The van der Waals surface area contributed by atoms with Crippen LogP contribution >= 0.6 is 23.2 Å². The molecule has 7 heteroatoms. The molecule has 1 spiro atoms. The zero-order chi connectivity index (χ0) is 19.7. The number of hydrogen-bond acceptors (Lipinski definition) is 4. The Morgan fingerprint density at radius 2 is 1.93 bits per heavy atom. The fraction of sp³-hybridized carbons (Fsp3) is 0.571. The van der Waals surface area contributed by atoms with Crippen LogP contribution in [0.5, 0.6) is 0 Å². The Morgan fingerprint density at radius 3 is 2.61 bits per heavy atom. The normalized spacial score (nSPS) is 26.8. The van der Waals surface area contributed by atoms with Crippen molar-refractivity contribution in [2.45, 2.75) is 43.6 Å². The SMILES string of the molecule is CN(C(=O)Cc1ccc(Cl)c(Cl)c1)[C@@H]1CCCC2(OCCO2)[C@H]1N1CC=CC1. The third-order valence-corrected chi connectivity index (χ3v) is 6.83. The Bertz CT molecular complexity index is 756. The molecule has 0 radical (unpaired) electrons. The van der Waals surface area contributed by atoms with Crippen LogP contribution in [0.25, 0.3) is 0 Å². The molecule has 0 bridgehead atoms. The molecule has 0 unspecified atom stereocenters. The largest absolute Gasteiger partial charge is 0.346 e. The van der Waals surface area contributed by atoms with Gasteiger partial charge in [0, 0.05) is 26.6 Å². The zero-order valence-corrected chi connectivity index (χ0v) is 17.6. The maximum absolute atomic E-state index is 13.1. The van der Waals surface area contributed by atoms with E-state index in [1.165, 1.54) is 0 Å². The molecule has 1 amide bonds. The minimum Gasteiger partial charge on any atom is -0.346 e. The summed E-state index contributed by atoms with van der Waals surface area (Å²) in [5.74, 6) is -0.539. The first-order chi connectivity index (χ1) is 13.5. The second-order valence-electron chi connectivity index (χ2n) is 7.77. The summed E-state index contributed by atoms with van der Waals surface area (Å²) < 4.78 is 12.3. The van der Waals surface area contributed by atoms with Gasteiger partial charge in [0.1, 0.15) is 0 Å². The van der Waals surface area contributed by atoms with Gasteiger partial charge >= 0.3 is 0 Å². The van der Waals surface area contributed by atoms with Gasteiger partial charge < -0.3 is 14.4 Å². The Labute approximate surface area is 176 Å². The van der Waals surface area contributed by atoms with Gasteiger partial charge in [0.25, 0.3) is 0 Å². The van der Waals surface area contributed by atoms with Crippen molar-refractivity contribution in [1.82, 2.24) is 9.80 Å². The van der Waals surface area contributed by atoms with Gasteiger partial charge in [-0.15, -0.1) is 0 Å². The van der Waals surface area contributed by atoms with Gasteiger partial charge in [-0.25, -0.2) is 0 Å². The predicted octanol–water partition coefficient (Wildman–Crippen LogP) is 3.53. The van der Waals surface area contributed by atoms with Crippen LogP contribution < -0.4 is 0 Å². The molecular weight excluding hydrogens is 399 g/mol. The van der Waals surface area contributed by atoms with Crippen LogP contribution in [-0.4, -0.2) is 66.9 Å². The van der Waals surface area contributed by atoms with Gasteiger partial charge in [-0.1, -0.05) is 41.4 Å². The standard InChI is InChI=1S/C21H26Cl2N2O3/c1-24(19(26)14-15-6-7-16(22)17(23)13-15)18-5-4-8-21(27-11-12-28-21)20(18)25-9-2-3-10-25/h2-3,6-7,13,18,20H,4-5,8-12,14H2,1H3/t18-,20+/m1/s1. The molecule has 5 nitrogen and oxygen atoms in total. The van der Waals surface area contributed by atoms with Crippen molar-refractivity contribution in [3.05, 3.63) is 46.0 Å². The summed E-state index contributed by atoms with van der Waals surface area (Å²) in [4.78, 5) is 17.4. The highest BCUT2D eigenvalue weighted by molar-refractivity contribution is 6.42. The highest BCUT2D eigenvalue weighted by Gasteiger charge is 2.54. The molecule has 2 atom stereocenters. The topological polar surface area (TPSA) is 42.0 Å². The first kappa shape index (κ1) is 20.2. The molecule has 0 N–H and O–H groups in total. The summed E-state index contributed by atoms with van der Waals surface area (Å²) in [5, 5.41) is 0.970. The van der Waals surface area contributed by atoms with Gasteiger partial charge in [0.05, 0.1) is 41.8 Å². The fourth-order valence-corrected chi connectivity index (χ4v) is 5.05. The number of likely N-dealkylation sites (N-methyl/N-ethyl adjacent to an activating group) is 1. The smallest absolute Gasteiger partial charge is 0.227 e. The molecule has 2 heterocycles. The third kappa shape index (κ3) is 3.83. The molecule has 4 rings (SSSR count). The molecule has 1 aromatic rings. The van der Waals surface area contributed by atoms with Crippen molar-refractivity contribution in [2.75, 3.05) is 33.4 Å². The molecule has 2 fully saturated rings. The number of benzene rings is 1. The second-order valence-corrected chi connectivity index (χ2v) is 8.58. The van der Waals surface area contributed by atoms with Crippen molar-refractivity contribution in [3.8, 4) is 0 Å². The number of ether oxygens (including phenoxy) is 2. The minimum absolute atomic E-state index is 0.0292. The fourth-order valence-electron chi connectivity index (χ4n) is 4.72. The summed E-state index contributed by atoms with van der Waals surface area (Å²) in [6, 6.07) is 5.43. The average molecular weight is 425 g/mol. The molecule has 1 aromatic carbocycles. The molecular formula is C21H26Cl2N2O3. The van der Waals surface area contributed by atoms with E-state index in [0.717, 1.165) is 37.9 Å². The maximum atomic E-state index is 13.1. The molecule has 2 aliphatic heterocycles. The second kappa shape index (κ2) is 8.33. The van der Waals surface area contributed by atoms with E-state index >= 15 is 0 Å². The van der Waals surface area contributed by atoms with E-state index in [1.807, 2.05) is 18.0 Å². The lowest BCUT2D eigenvalue weighted by Crippen LogP contribution is -2.65. The van der Waals surface area contributed by atoms with Crippen molar-refractivity contribution < 1.29 is 14.3 Å². The van der Waals surface area contributed by atoms with E-state index in [4.69, 9.17) is 32.7 Å². The monoisotopic (exact) mass is 424 g/mol. The van der Waals surface area contributed by atoms with Crippen LogP contribution in [0.1, 0.15) is 24.8 Å². The summed E-state index contributed by atoms with van der Waals surface area (Å²) in [6.07, 6.45) is 7.44. The van der Waals surface area contributed by atoms with E-state index in [0.29, 0.717) is 29.7 Å². The number of carbonyl (C=O) groups is 1. The minimum atomic E-state index is -0.604. The van der Waals surface area contributed by atoms with Crippen molar-refractivity contribution in [3.63, 3.8) is 0 Å². The van der Waals surface area contributed by atoms with Crippen LogP contribution in [-0.2, 0) is 20.7 Å². The van der Waals surface area contributed by atoms with Gasteiger partial charge in [-0.05, 0) is 30.5 Å². The lowest BCUT2D eigenvalue weighted by Gasteiger charge is -2.50. The Morgan fingerprint density at radius 1 is 1.21 bits per heavy atom. The van der Waals surface area contributed by atoms with Crippen LogP contribution in [0.2, 0.25) is 10.0 Å². The molecule has 28 heavy (non-hydrogen) atoms. The summed E-state index contributed by atoms with van der Waals surface area (Å²) in [7, 11) is 1.90. The van der Waals surface area contributed by atoms with E-state index in [2.05, 4.69) is 17.1 Å². The highest BCUT2D eigenvalue weighted by Crippen LogP contribution is 2.41. The number of halogens is 2. The maximum Gasteiger partial charge on any atom is 0.227 e. The van der Waals surface area contributed by atoms with Gasteiger partial charge in [-0.3, -0.25) is 9.69 Å². The molecule has 1 aliphatic carbocycles. The van der Waals surface area contributed by atoms with E-state index in [-0.39, 0.29) is 18.0 Å². The van der Waals surface area contributed by atoms with E-state index in [1.54, 1.807) is 12.1 Å². The van der Waals surface area contributed by atoms with E-state index in [9.17, 15) is 4.79 Å². The van der Waals surface area contributed by atoms with Crippen molar-refractivity contribution in [1.29, 1.82) is 0 Å². The zero-order valence-electron chi connectivity index (χ0n) is 16.1. The highest BCUT2D eigenvalue weighted by atomic mass is 35.5. The molecule has 0 aromatic heterocycles. The third-order valence-electron chi connectivity index (χ3n) is 6.09. The number of carbonyl (C=O) groups excluding carboxylic acids is 1. The quantitative estimate of drug-likeness (QED) is 0.693. The first-order valence-corrected chi connectivity index (χ1v) is 10.6. The van der Waals surface area contributed by atoms with Gasteiger partial charge in [0.15, 0.2) is 5.79 Å². The summed E-state index contributed by atoms with van der Waals surface area (Å²) in [5.41, 5.74) is 0.865. The lowest BCUT2D eigenvalue weighted by molar-refractivity contribution is -0.229. The lowest BCUT2D eigenvalue weighted by atomic mass is 9.82. The van der Waals surface area contributed by atoms with Crippen LogP contribution in [0.15, 0.2) is 30.4 Å².